The van der Waals surface area contributed by atoms with Gasteiger partial charge in [-0.25, -0.2) is 4.52 Å². The molecule has 0 aliphatic carbocycles. The van der Waals surface area contributed by atoms with Crippen LogP contribution in [0.1, 0.15) is 17.2 Å². The zero-order chi connectivity index (χ0) is 12.6. The maximum atomic E-state index is 12.8. The first-order valence-corrected chi connectivity index (χ1v) is 4.64. The van der Waals surface area contributed by atoms with Crippen LogP contribution in [0.5, 0.6) is 0 Å². The fraction of sp³-hybridized carbons (Fsp3) is 0.200. The van der Waals surface area contributed by atoms with Gasteiger partial charge in [0.1, 0.15) is 6.04 Å². The molecule has 0 aromatic carbocycles. The van der Waals surface area contributed by atoms with Gasteiger partial charge in [0.25, 0.3) is 0 Å². The maximum Gasteiger partial charge on any atom is 0.418 e. The van der Waals surface area contributed by atoms with Crippen molar-refractivity contribution in [1.29, 1.82) is 5.26 Å². The van der Waals surface area contributed by atoms with E-state index in [9.17, 15) is 13.2 Å². The van der Waals surface area contributed by atoms with Crippen molar-refractivity contribution in [1.82, 2.24) is 9.61 Å². The number of nitrogens with two attached hydrogens (primary N) is 1. The van der Waals surface area contributed by atoms with E-state index >= 15 is 0 Å². The molecule has 2 aromatic rings. The Morgan fingerprint density at radius 3 is 2.76 bits per heavy atom. The Morgan fingerprint density at radius 1 is 1.47 bits per heavy atom. The van der Waals surface area contributed by atoms with Gasteiger partial charge in [0.05, 0.1) is 23.3 Å². The van der Waals surface area contributed by atoms with Crippen LogP contribution in [0.4, 0.5) is 13.2 Å². The summed E-state index contributed by atoms with van der Waals surface area (Å²) in [6.45, 7) is 0. The second kappa shape index (κ2) is 3.75. The van der Waals surface area contributed by atoms with Gasteiger partial charge in [0, 0.05) is 11.8 Å². The molecule has 0 aliphatic heterocycles. The Hall–Kier alpha value is -2.07. The van der Waals surface area contributed by atoms with Crippen molar-refractivity contribution in [3.8, 4) is 6.07 Å². The highest BCUT2D eigenvalue weighted by Crippen LogP contribution is 2.34. The van der Waals surface area contributed by atoms with Gasteiger partial charge in [-0.15, -0.1) is 0 Å². The van der Waals surface area contributed by atoms with E-state index in [0.29, 0.717) is 0 Å². The van der Waals surface area contributed by atoms with Crippen LogP contribution in [-0.4, -0.2) is 9.61 Å². The summed E-state index contributed by atoms with van der Waals surface area (Å²) in [6.07, 6.45) is -1.96. The van der Waals surface area contributed by atoms with Crippen LogP contribution < -0.4 is 5.73 Å². The second-order valence-corrected chi connectivity index (χ2v) is 3.42. The van der Waals surface area contributed by atoms with Crippen molar-refractivity contribution >= 4 is 5.52 Å². The molecule has 0 amide bonds. The summed E-state index contributed by atoms with van der Waals surface area (Å²) in [4.78, 5) is 0. The second-order valence-electron chi connectivity index (χ2n) is 3.42. The number of alkyl halides is 3. The number of nitriles is 1. The van der Waals surface area contributed by atoms with E-state index in [0.717, 1.165) is 10.6 Å². The SMILES string of the molecule is N#CC(N)c1cnn2cccc(C(F)(F)F)c12. The minimum absolute atomic E-state index is 0.0698. The van der Waals surface area contributed by atoms with E-state index < -0.39 is 17.8 Å². The lowest BCUT2D eigenvalue weighted by Gasteiger charge is -2.10. The molecule has 4 nitrogen and oxygen atoms in total. The molecule has 0 spiro atoms. The van der Waals surface area contributed by atoms with Crippen molar-refractivity contribution in [3.63, 3.8) is 0 Å². The van der Waals surface area contributed by atoms with E-state index in [-0.39, 0.29) is 11.1 Å². The van der Waals surface area contributed by atoms with Gasteiger partial charge in [-0.2, -0.15) is 23.5 Å². The van der Waals surface area contributed by atoms with Crippen molar-refractivity contribution in [3.05, 3.63) is 35.7 Å². The van der Waals surface area contributed by atoms with Gasteiger partial charge >= 0.3 is 6.18 Å². The monoisotopic (exact) mass is 240 g/mol. The normalized spacial score (nSPS) is 13.6. The average molecular weight is 240 g/mol. The molecule has 1 unspecified atom stereocenters. The standard InChI is InChI=1S/C10H7F3N4/c11-10(12,13)7-2-1-3-17-9(7)6(5-16-17)8(15)4-14/h1-3,5,8H,15H2. The number of fused-ring (bicyclic) bond motifs is 1. The number of rotatable bonds is 1. The number of pyridine rings is 1. The molecule has 2 rings (SSSR count). The summed E-state index contributed by atoms with van der Waals surface area (Å²) in [5.74, 6) is 0. The molecular formula is C10H7F3N4. The lowest BCUT2D eigenvalue weighted by molar-refractivity contribution is -0.136. The van der Waals surface area contributed by atoms with Crippen LogP contribution in [0.3, 0.4) is 0 Å². The van der Waals surface area contributed by atoms with Crippen LogP contribution in [0, 0.1) is 11.3 Å². The van der Waals surface area contributed by atoms with Crippen LogP contribution >= 0.6 is 0 Å². The first-order valence-electron chi connectivity index (χ1n) is 4.64. The topological polar surface area (TPSA) is 67.1 Å². The maximum absolute atomic E-state index is 12.8. The summed E-state index contributed by atoms with van der Waals surface area (Å²) in [5, 5.41) is 12.4. The fourth-order valence-corrected chi connectivity index (χ4v) is 1.59. The fourth-order valence-electron chi connectivity index (χ4n) is 1.59. The van der Waals surface area contributed by atoms with Crippen LogP contribution in [0.25, 0.3) is 5.52 Å². The minimum atomic E-state index is -4.51. The van der Waals surface area contributed by atoms with E-state index in [1.54, 1.807) is 6.07 Å². The zero-order valence-electron chi connectivity index (χ0n) is 8.44. The third-order valence-corrected chi connectivity index (χ3v) is 2.35. The quantitative estimate of drug-likeness (QED) is 0.827. The van der Waals surface area contributed by atoms with Gasteiger partial charge in [-0.05, 0) is 12.1 Å². The van der Waals surface area contributed by atoms with E-state index in [2.05, 4.69) is 5.10 Å². The summed E-state index contributed by atoms with van der Waals surface area (Å²) < 4.78 is 39.4. The van der Waals surface area contributed by atoms with Gasteiger partial charge in [0.2, 0.25) is 0 Å². The Morgan fingerprint density at radius 2 is 2.18 bits per heavy atom. The van der Waals surface area contributed by atoms with Gasteiger partial charge in [-0.3, -0.25) is 0 Å². The van der Waals surface area contributed by atoms with Gasteiger partial charge < -0.3 is 5.73 Å². The first-order chi connectivity index (χ1) is 7.95. The molecule has 0 aliphatic rings. The predicted molar refractivity (Wildman–Crippen MR) is 52.7 cm³/mol. The van der Waals surface area contributed by atoms with E-state index in [1.807, 2.05) is 0 Å². The molecule has 0 radical (unpaired) electrons. The first kappa shape index (κ1) is 11.4. The molecule has 2 aromatic heterocycles. The Labute approximate surface area is 94.1 Å². The molecule has 1 atom stereocenters. The number of hydrogen-bond acceptors (Lipinski definition) is 3. The van der Waals surface area contributed by atoms with Crippen molar-refractivity contribution in [2.45, 2.75) is 12.2 Å². The number of halogens is 3. The molecule has 17 heavy (non-hydrogen) atoms. The van der Waals surface area contributed by atoms with Crippen molar-refractivity contribution in [2.24, 2.45) is 5.73 Å². The Balaban J connectivity index is 2.78. The molecule has 2 N–H and O–H groups in total. The van der Waals surface area contributed by atoms with E-state index in [4.69, 9.17) is 11.0 Å². The smallest absolute Gasteiger partial charge is 0.312 e. The number of aromatic nitrogens is 2. The van der Waals surface area contributed by atoms with E-state index in [1.165, 1.54) is 18.5 Å². The molecule has 88 valence electrons. The highest BCUT2D eigenvalue weighted by molar-refractivity contribution is 5.63. The molecular weight excluding hydrogens is 233 g/mol. The molecule has 0 bridgehead atoms. The van der Waals surface area contributed by atoms with Gasteiger partial charge in [0.15, 0.2) is 0 Å². The molecule has 2 heterocycles. The lowest BCUT2D eigenvalue weighted by Crippen LogP contribution is -2.11. The predicted octanol–water partition coefficient (Wildman–Crippen LogP) is 1.88. The van der Waals surface area contributed by atoms with Crippen molar-refractivity contribution in [2.75, 3.05) is 0 Å². The minimum Gasteiger partial charge on any atom is -0.312 e. The summed E-state index contributed by atoms with van der Waals surface area (Å²) >= 11 is 0. The van der Waals surface area contributed by atoms with Crippen LogP contribution in [0.2, 0.25) is 0 Å². The molecule has 0 saturated carbocycles. The molecule has 0 fully saturated rings. The number of hydrogen-bond donors (Lipinski definition) is 1. The third kappa shape index (κ3) is 1.83. The molecule has 0 saturated heterocycles. The average Bonchev–Trinajstić information content (AvgIpc) is 2.70. The highest BCUT2D eigenvalue weighted by Gasteiger charge is 2.34. The summed E-state index contributed by atoms with van der Waals surface area (Å²) in [5.41, 5.74) is 4.48. The summed E-state index contributed by atoms with van der Waals surface area (Å²) in [7, 11) is 0. The van der Waals surface area contributed by atoms with Gasteiger partial charge in [-0.1, -0.05) is 0 Å². The third-order valence-electron chi connectivity index (χ3n) is 2.35. The highest BCUT2D eigenvalue weighted by atomic mass is 19.4. The zero-order valence-corrected chi connectivity index (χ0v) is 8.44. The van der Waals surface area contributed by atoms with Crippen LogP contribution in [-0.2, 0) is 6.18 Å². The van der Waals surface area contributed by atoms with Crippen LogP contribution in [0.15, 0.2) is 24.5 Å². The summed E-state index contributed by atoms with van der Waals surface area (Å²) in [6, 6.07) is 2.74. The van der Waals surface area contributed by atoms with Crippen molar-refractivity contribution < 1.29 is 13.2 Å². The Kier molecular flexibility index (Phi) is 2.52. The number of nitrogens with zero attached hydrogens (tertiary/aromatic N) is 3. The lowest BCUT2D eigenvalue weighted by atomic mass is 10.1. The largest absolute Gasteiger partial charge is 0.418 e. The molecule has 7 heteroatoms. The Bertz CT molecular complexity index is 594.